The van der Waals surface area contributed by atoms with E-state index in [0.29, 0.717) is 36.4 Å². The number of amides is 3. The molecule has 0 spiro atoms. The van der Waals surface area contributed by atoms with Crippen LogP contribution in [0, 0.1) is 23.2 Å². The van der Waals surface area contributed by atoms with Gasteiger partial charge in [0, 0.05) is 11.0 Å². The Kier molecular flexibility index (Phi) is 5.82. The molecule has 0 aromatic heterocycles. The van der Waals surface area contributed by atoms with Crippen molar-refractivity contribution in [2.24, 2.45) is 23.2 Å². The van der Waals surface area contributed by atoms with Crippen LogP contribution in [0.25, 0.3) is 0 Å². The molecule has 4 bridgehead atoms. The maximum absolute atomic E-state index is 14.4. The van der Waals surface area contributed by atoms with Gasteiger partial charge in [0.25, 0.3) is 5.91 Å². The molecule has 1 heterocycles. The molecule has 2 aromatic rings. The minimum absolute atomic E-state index is 0.0573. The fraction of sp³-hybridized carbons (Fsp3) is 0.483. The molecule has 0 N–H and O–H groups in total. The minimum Gasteiger partial charge on any atom is -0.329 e. The van der Waals surface area contributed by atoms with Gasteiger partial charge in [0.2, 0.25) is 11.8 Å². The number of carbonyl (C=O) groups is 3. The standard InChI is InChI=1S/C29H31BrN2O3/c30-23-6-8-24(9-7-23)32-26(33)15-25(27(32)34)31(11-10-19-4-2-1-3-5-19)28(35)29-16-20-12-21(17-29)14-22(13-20)18-29/h1-9,20-22,25H,10-18H2. The first-order chi connectivity index (χ1) is 16.9. The summed E-state index contributed by atoms with van der Waals surface area (Å²) < 4.78 is 0.887. The SMILES string of the molecule is O=C1CC(N(CCc2ccccc2)C(=O)C23CC4CC(CC(C4)C2)C3)C(=O)N1c1ccc(Br)cc1. The van der Waals surface area contributed by atoms with Crippen molar-refractivity contribution in [1.29, 1.82) is 0 Å². The number of imide groups is 1. The van der Waals surface area contributed by atoms with Crippen molar-refractivity contribution < 1.29 is 14.4 Å². The summed E-state index contributed by atoms with van der Waals surface area (Å²) in [6.45, 7) is 0.461. The predicted molar refractivity (Wildman–Crippen MR) is 138 cm³/mol. The Morgan fingerprint density at radius 3 is 2.11 bits per heavy atom. The largest absolute Gasteiger partial charge is 0.329 e. The van der Waals surface area contributed by atoms with E-state index < -0.39 is 6.04 Å². The molecule has 1 saturated heterocycles. The van der Waals surface area contributed by atoms with Crippen molar-refractivity contribution in [2.75, 3.05) is 11.4 Å². The molecule has 1 atom stereocenters. The minimum atomic E-state index is -0.727. The van der Waals surface area contributed by atoms with Crippen LogP contribution in [0.5, 0.6) is 0 Å². The Morgan fingerprint density at radius 2 is 1.51 bits per heavy atom. The fourth-order valence-electron chi connectivity index (χ4n) is 7.69. The molecule has 5 fully saturated rings. The summed E-state index contributed by atoms with van der Waals surface area (Å²) in [6.07, 6.45) is 7.36. The lowest BCUT2D eigenvalue weighted by Gasteiger charge is -2.57. The van der Waals surface area contributed by atoms with Crippen molar-refractivity contribution >= 4 is 39.3 Å². The van der Waals surface area contributed by atoms with Crippen LogP contribution in [0.4, 0.5) is 5.69 Å². The fourth-order valence-corrected chi connectivity index (χ4v) is 7.96. The van der Waals surface area contributed by atoms with Gasteiger partial charge in [-0.2, -0.15) is 0 Å². The number of carbonyl (C=O) groups excluding carboxylic acids is 3. The molecule has 4 saturated carbocycles. The van der Waals surface area contributed by atoms with Crippen LogP contribution < -0.4 is 4.90 Å². The number of anilines is 1. The van der Waals surface area contributed by atoms with Crippen LogP contribution in [0.15, 0.2) is 59.1 Å². The Hall–Kier alpha value is -2.47. The van der Waals surface area contributed by atoms with E-state index in [2.05, 4.69) is 28.1 Å². The molecule has 4 aliphatic carbocycles. The van der Waals surface area contributed by atoms with Crippen molar-refractivity contribution in [2.45, 2.75) is 57.4 Å². The molecule has 5 nitrogen and oxygen atoms in total. The molecular weight excluding hydrogens is 504 g/mol. The molecule has 7 rings (SSSR count). The Morgan fingerprint density at radius 1 is 0.914 bits per heavy atom. The molecule has 2 aromatic carbocycles. The highest BCUT2D eigenvalue weighted by atomic mass is 79.9. The van der Waals surface area contributed by atoms with E-state index in [0.717, 1.165) is 29.3 Å². The topological polar surface area (TPSA) is 57.7 Å². The number of benzene rings is 2. The molecule has 1 unspecified atom stereocenters. The average molecular weight is 535 g/mol. The third kappa shape index (κ3) is 4.14. The van der Waals surface area contributed by atoms with Crippen LogP contribution in [0.1, 0.15) is 50.5 Å². The summed E-state index contributed by atoms with van der Waals surface area (Å²) >= 11 is 3.42. The molecule has 3 amide bonds. The summed E-state index contributed by atoms with van der Waals surface area (Å²) in [4.78, 5) is 44.2. The molecule has 5 aliphatic rings. The molecule has 0 radical (unpaired) electrons. The zero-order valence-electron chi connectivity index (χ0n) is 19.9. The van der Waals surface area contributed by atoms with E-state index in [9.17, 15) is 14.4 Å². The third-order valence-corrected chi connectivity index (χ3v) is 9.35. The van der Waals surface area contributed by atoms with Crippen LogP contribution in [-0.4, -0.2) is 35.2 Å². The van der Waals surface area contributed by atoms with Gasteiger partial charge in [-0.05, 0) is 92.5 Å². The molecule has 1 aliphatic heterocycles. The van der Waals surface area contributed by atoms with Gasteiger partial charge < -0.3 is 4.90 Å². The highest BCUT2D eigenvalue weighted by Crippen LogP contribution is 2.60. The van der Waals surface area contributed by atoms with Crippen LogP contribution >= 0.6 is 15.9 Å². The van der Waals surface area contributed by atoms with E-state index >= 15 is 0 Å². The van der Waals surface area contributed by atoms with Crippen molar-refractivity contribution in [3.05, 3.63) is 64.6 Å². The molecule has 182 valence electrons. The van der Waals surface area contributed by atoms with Gasteiger partial charge in [0.05, 0.1) is 17.5 Å². The first-order valence-electron chi connectivity index (χ1n) is 12.9. The first kappa shape index (κ1) is 23.0. The summed E-state index contributed by atoms with van der Waals surface area (Å²) in [7, 11) is 0. The maximum atomic E-state index is 14.4. The lowest BCUT2D eigenvalue weighted by molar-refractivity contribution is -0.161. The van der Waals surface area contributed by atoms with Gasteiger partial charge in [-0.15, -0.1) is 0 Å². The van der Waals surface area contributed by atoms with E-state index in [1.54, 1.807) is 17.0 Å². The van der Waals surface area contributed by atoms with Crippen LogP contribution in [0.3, 0.4) is 0 Å². The van der Waals surface area contributed by atoms with Gasteiger partial charge in [-0.3, -0.25) is 14.4 Å². The number of hydrogen-bond donors (Lipinski definition) is 0. The second-order valence-electron chi connectivity index (χ2n) is 11.2. The maximum Gasteiger partial charge on any atom is 0.257 e. The highest BCUT2D eigenvalue weighted by Gasteiger charge is 2.57. The summed E-state index contributed by atoms with van der Waals surface area (Å²) in [5.74, 6) is 1.54. The van der Waals surface area contributed by atoms with Crippen molar-refractivity contribution in [3.8, 4) is 0 Å². The number of nitrogens with zero attached hydrogens (tertiary/aromatic N) is 2. The first-order valence-corrected chi connectivity index (χ1v) is 13.7. The Labute approximate surface area is 215 Å². The highest BCUT2D eigenvalue weighted by molar-refractivity contribution is 9.10. The van der Waals surface area contributed by atoms with Crippen molar-refractivity contribution in [1.82, 2.24) is 4.90 Å². The quantitative estimate of drug-likeness (QED) is 0.468. The summed E-state index contributed by atoms with van der Waals surface area (Å²) in [5.41, 5.74) is 1.35. The summed E-state index contributed by atoms with van der Waals surface area (Å²) in [6, 6.07) is 16.6. The van der Waals surface area contributed by atoms with Gasteiger partial charge in [-0.1, -0.05) is 46.3 Å². The molecular formula is C29H31BrN2O3. The lowest BCUT2D eigenvalue weighted by Crippen LogP contribution is -2.58. The second kappa shape index (κ2) is 8.88. The van der Waals surface area contributed by atoms with E-state index in [1.807, 2.05) is 30.3 Å². The third-order valence-electron chi connectivity index (χ3n) is 8.82. The lowest BCUT2D eigenvalue weighted by atomic mass is 9.49. The predicted octanol–water partition coefficient (Wildman–Crippen LogP) is 5.37. The normalized spacial score (nSPS) is 31.3. The van der Waals surface area contributed by atoms with E-state index in [1.165, 1.54) is 24.2 Å². The van der Waals surface area contributed by atoms with Gasteiger partial charge in [0.15, 0.2) is 0 Å². The van der Waals surface area contributed by atoms with Gasteiger partial charge >= 0.3 is 0 Å². The molecule has 6 heteroatoms. The number of hydrogen-bond acceptors (Lipinski definition) is 3. The van der Waals surface area contributed by atoms with Crippen LogP contribution in [-0.2, 0) is 20.8 Å². The Bertz CT molecular complexity index is 1110. The van der Waals surface area contributed by atoms with Crippen LogP contribution in [0.2, 0.25) is 0 Å². The van der Waals surface area contributed by atoms with E-state index in [4.69, 9.17) is 0 Å². The van der Waals surface area contributed by atoms with Crippen molar-refractivity contribution in [3.63, 3.8) is 0 Å². The van der Waals surface area contributed by atoms with Gasteiger partial charge in [-0.25, -0.2) is 4.90 Å². The zero-order valence-corrected chi connectivity index (χ0v) is 21.5. The number of halogens is 1. The smallest absolute Gasteiger partial charge is 0.257 e. The number of rotatable bonds is 6. The average Bonchev–Trinajstić information content (AvgIpc) is 3.13. The second-order valence-corrected chi connectivity index (χ2v) is 12.1. The Balaban J connectivity index is 1.30. The van der Waals surface area contributed by atoms with Gasteiger partial charge in [0.1, 0.15) is 6.04 Å². The zero-order chi connectivity index (χ0) is 24.2. The monoisotopic (exact) mass is 534 g/mol. The summed E-state index contributed by atoms with van der Waals surface area (Å²) in [5, 5.41) is 0. The molecule has 35 heavy (non-hydrogen) atoms. The van der Waals surface area contributed by atoms with E-state index in [-0.39, 0.29) is 29.6 Å².